The highest BCUT2D eigenvalue weighted by Crippen LogP contribution is 2.24. The first kappa shape index (κ1) is 17.6. The number of anilines is 1. The van der Waals surface area contributed by atoms with Gasteiger partial charge in [-0.15, -0.1) is 0 Å². The van der Waals surface area contributed by atoms with Gasteiger partial charge in [-0.25, -0.2) is 0 Å². The molecule has 0 unspecified atom stereocenters. The fourth-order valence-corrected chi connectivity index (χ4v) is 3.10. The largest absolute Gasteiger partial charge is 0.493 e. The SMILES string of the molecule is Cc1ccc(N2CCN(C(=O)CCOc3ccccc3)CC2)cc1Cl. The van der Waals surface area contributed by atoms with E-state index in [1.54, 1.807) is 0 Å². The average Bonchev–Trinajstić information content (AvgIpc) is 2.65. The Hall–Kier alpha value is -2.20. The van der Waals surface area contributed by atoms with Crippen LogP contribution in [-0.4, -0.2) is 43.6 Å². The van der Waals surface area contributed by atoms with Crippen LogP contribution in [-0.2, 0) is 4.79 Å². The fraction of sp³-hybridized carbons (Fsp3) is 0.350. The molecule has 1 heterocycles. The molecule has 4 nitrogen and oxygen atoms in total. The molecule has 0 radical (unpaired) electrons. The summed E-state index contributed by atoms with van der Waals surface area (Å²) in [5.74, 6) is 0.953. The lowest BCUT2D eigenvalue weighted by Gasteiger charge is -2.36. The van der Waals surface area contributed by atoms with E-state index in [2.05, 4.69) is 11.0 Å². The van der Waals surface area contributed by atoms with Crippen molar-refractivity contribution in [3.05, 3.63) is 59.1 Å². The minimum absolute atomic E-state index is 0.150. The van der Waals surface area contributed by atoms with Crippen molar-refractivity contribution in [2.45, 2.75) is 13.3 Å². The molecular weight excluding hydrogens is 336 g/mol. The van der Waals surface area contributed by atoms with E-state index in [4.69, 9.17) is 16.3 Å². The molecule has 1 saturated heterocycles. The minimum Gasteiger partial charge on any atom is -0.493 e. The molecule has 0 aliphatic carbocycles. The molecule has 3 rings (SSSR count). The number of ether oxygens (including phenoxy) is 1. The molecule has 1 fully saturated rings. The predicted molar refractivity (Wildman–Crippen MR) is 102 cm³/mol. The highest BCUT2D eigenvalue weighted by atomic mass is 35.5. The number of hydrogen-bond acceptors (Lipinski definition) is 3. The number of nitrogens with zero attached hydrogens (tertiary/aromatic N) is 2. The number of para-hydroxylation sites is 1. The van der Waals surface area contributed by atoms with E-state index >= 15 is 0 Å². The third kappa shape index (κ3) is 4.67. The van der Waals surface area contributed by atoms with Crippen molar-refractivity contribution in [2.75, 3.05) is 37.7 Å². The summed E-state index contributed by atoms with van der Waals surface area (Å²) in [5, 5.41) is 0.786. The summed E-state index contributed by atoms with van der Waals surface area (Å²) in [6.07, 6.45) is 0.408. The van der Waals surface area contributed by atoms with Gasteiger partial charge in [0.25, 0.3) is 0 Å². The van der Waals surface area contributed by atoms with E-state index in [1.807, 2.05) is 54.3 Å². The number of halogens is 1. The summed E-state index contributed by atoms with van der Waals surface area (Å²) >= 11 is 6.21. The number of benzene rings is 2. The summed E-state index contributed by atoms with van der Waals surface area (Å²) in [6.45, 7) is 5.53. The normalized spacial score (nSPS) is 14.5. The lowest BCUT2D eigenvalue weighted by atomic mass is 10.2. The summed E-state index contributed by atoms with van der Waals surface area (Å²) in [7, 11) is 0. The number of hydrogen-bond donors (Lipinski definition) is 0. The second-order valence-corrected chi connectivity index (χ2v) is 6.62. The van der Waals surface area contributed by atoms with E-state index in [1.165, 1.54) is 0 Å². The summed E-state index contributed by atoms with van der Waals surface area (Å²) in [6, 6.07) is 15.7. The second-order valence-electron chi connectivity index (χ2n) is 6.21. The Morgan fingerprint density at radius 2 is 1.80 bits per heavy atom. The maximum Gasteiger partial charge on any atom is 0.226 e. The topological polar surface area (TPSA) is 32.8 Å². The monoisotopic (exact) mass is 358 g/mol. The zero-order chi connectivity index (χ0) is 17.6. The van der Waals surface area contributed by atoms with Gasteiger partial charge in [-0.2, -0.15) is 0 Å². The molecule has 25 heavy (non-hydrogen) atoms. The highest BCUT2D eigenvalue weighted by Gasteiger charge is 2.21. The van der Waals surface area contributed by atoms with E-state index < -0.39 is 0 Å². The molecule has 2 aromatic rings. The molecule has 1 aliphatic heterocycles. The van der Waals surface area contributed by atoms with Crippen LogP contribution in [0.2, 0.25) is 5.02 Å². The molecule has 1 amide bonds. The lowest BCUT2D eigenvalue weighted by Crippen LogP contribution is -2.49. The zero-order valence-electron chi connectivity index (χ0n) is 14.5. The van der Waals surface area contributed by atoms with Gasteiger partial charge in [0.2, 0.25) is 5.91 Å². The van der Waals surface area contributed by atoms with Crippen LogP contribution in [0.25, 0.3) is 0 Å². The molecule has 0 saturated carbocycles. The van der Waals surface area contributed by atoms with Gasteiger partial charge in [0.05, 0.1) is 13.0 Å². The van der Waals surface area contributed by atoms with Gasteiger partial charge in [-0.05, 0) is 36.8 Å². The van der Waals surface area contributed by atoms with Crippen LogP contribution in [0.1, 0.15) is 12.0 Å². The van der Waals surface area contributed by atoms with Crippen LogP contribution < -0.4 is 9.64 Å². The van der Waals surface area contributed by atoms with Gasteiger partial charge in [0, 0.05) is 36.9 Å². The van der Waals surface area contributed by atoms with Crippen LogP contribution in [0, 0.1) is 6.92 Å². The molecule has 0 N–H and O–H groups in total. The first-order valence-corrected chi connectivity index (χ1v) is 8.98. The Labute approximate surface area is 154 Å². The van der Waals surface area contributed by atoms with Crippen molar-refractivity contribution >= 4 is 23.2 Å². The quantitative estimate of drug-likeness (QED) is 0.815. The van der Waals surface area contributed by atoms with E-state index in [0.29, 0.717) is 13.0 Å². The van der Waals surface area contributed by atoms with Gasteiger partial charge in [-0.3, -0.25) is 4.79 Å². The number of aryl methyl sites for hydroxylation is 1. The molecule has 2 aromatic carbocycles. The summed E-state index contributed by atoms with van der Waals surface area (Å²) in [4.78, 5) is 16.5. The van der Waals surface area contributed by atoms with Crippen LogP contribution in [0.4, 0.5) is 5.69 Å². The number of rotatable bonds is 5. The third-order valence-electron chi connectivity index (χ3n) is 4.48. The van der Waals surface area contributed by atoms with Crippen LogP contribution >= 0.6 is 11.6 Å². The number of carbonyl (C=O) groups excluding carboxylic acids is 1. The highest BCUT2D eigenvalue weighted by molar-refractivity contribution is 6.31. The van der Waals surface area contributed by atoms with Crippen molar-refractivity contribution in [2.24, 2.45) is 0 Å². The van der Waals surface area contributed by atoms with E-state index in [0.717, 1.165) is 48.2 Å². The van der Waals surface area contributed by atoms with Crippen molar-refractivity contribution in [1.29, 1.82) is 0 Å². The predicted octanol–water partition coefficient (Wildman–Crippen LogP) is 3.77. The van der Waals surface area contributed by atoms with Gasteiger partial charge < -0.3 is 14.5 Å². The Morgan fingerprint density at radius 1 is 1.08 bits per heavy atom. The van der Waals surface area contributed by atoms with Gasteiger partial charge >= 0.3 is 0 Å². The van der Waals surface area contributed by atoms with Gasteiger partial charge in [0.1, 0.15) is 5.75 Å². The molecule has 5 heteroatoms. The average molecular weight is 359 g/mol. The van der Waals surface area contributed by atoms with Gasteiger partial charge in [-0.1, -0.05) is 35.9 Å². The zero-order valence-corrected chi connectivity index (χ0v) is 15.2. The summed E-state index contributed by atoms with van der Waals surface area (Å²) < 4.78 is 5.61. The fourth-order valence-electron chi connectivity index (χ4n) is 2.92. The maximum atomic E-state index is 12.3. The van der Waals surface area contributed by atoms with Crippen molar-refractivity contribution in [3.8, 4) is 5.75 Å². The van der Waals surface area contributed by atoms with E-state index in [9.17, 15) is 4.79 Å². The molecule has 0 bridgehead atoms. The number of carbonyl (C=O) groups is 1. The smallest absolute Gasteiger partial charge is 0.226 e. The molecule has 0 atom stereocenters. The molecule has 0 spiro atoms. The van der Waals surface area contributed by atoms with E-state index in [-0.39, 0.29) is 5.91 Å². The van der Waals surface area contributed by atoms with Gasteiger partial charge in [0.15, 0.2) is 0 Å². The molecule has 132 valence electrons. The molecule has 1 aliphatic rings. The van der Waals surface area contributed by atoms with Crippen molar-refractivity contribution < 1.29 is 9.53 Å². The lowest BCUT2D eigenvalue weighted by molar-refractivity contribution is -0.132. The maximum absolute atomic E-state index is 12.3. The summed E-state index contributed by atoms with van der Waals surface area (Å²) in [5.41, 5.74) is 2.20. The van der Waals surface area contributed by atoms with Crippen LogP contribution in [0.15, 0.2) is 48.5 Å². The standard InChI is InChI=1S/C20H23ClN2O2/c1-16-7-8-17(15-19(16)21)22-10-12-23(13-11-22)20(24)9-14-25-18-5-3-2-4-6-18/h2-8,15H,9-14H2,1H3. The third-order valence-corrected chi connectivity index (χ3v) is 4.89. The second kappa shape index (κ2) is 8.26. The number of amides is 1. The molecule has 0 aromatic heterocycles. The first-order valence-electron chi connectivity index (χ1n) is 8.60. The Kier molecular flexibility index (Phi) is 5.82. The molecular formula is C20H23ClN2O2. The number of piperazine rings is 1. The minimum atomic E-state index is 0.150. The Morgan fingerprint density at radius 3 is 2.48 bits per heavy atom. The first-order chi connectivity index (χ1) is 12.1. The Balaban J connectivity index is 1.45. The van der Waals surface area contributed by atoms with Crippen molar-refractivity contribution in [1.82, 2.24) is 4.90 Å². The Bertz CT molecular complexity index is 713. The van der Waals surface area contributed by atoms with Crippen molar-refractivity contribution in [3.63, 3.8) is 0 Å². The van der Waals surface area contributed by atoms with Crippen LogP contribution in [0.3, 0.4) is 0 Å². The van der Waals surface area contributed by atoms with Crippen LogP contribution in [0.5, 0.6) is 5.75 Å².